The molecule has 0 aliphatic heterocycles. The van der Waals surface area contributed by atoms with E-state index < -0.39 is 4.92 Å². The van der Waals surface area contributed by atoms with E-state index in [0.29, 0.717) is 11.5 Å². The van der Waals surface area contributed by atoms with Crippen molar-refractivity contribution >= 4 is 11.4 Å². The van der Waals surface area contributed by atoms with Crippen LogP contribution in [0.4, 0.5) is 11.4 Å². The Kier molecular flexibility index (Phi) is 3.38. The van der Waals surface area contributed by atoms with E-state index in [0.717, 1.165) is 5.69 Å². The van der Waals surface area contributed by atoms with Crippen molar-refractivity contribution in [2.24, 2.45) is 0 Å². The number of nitro groups is 1. The highest BCUT2D eigenvalue weighted by Gasteiger charge is 2.05. The molecule has 0 bridgehead atoms. The van der Waals surface area contributed by atoms with Crippen molar-refractivity contribution in [3.63, 3.8) is 0 Å². The molecule has 0 radical (unpaired) electrons. The molecule has 0 aliphatic carbocycles. The lowest BCUT2D eigenvalue weighted by Gasteiger charge is -2.06. The minimum absolute atomic E-state index is 0.0319. The summed E-state index contributed by atoms with van der Waals surface area (Å²) in [6.45, 7) is 0. The first-order valence-corrected chi connectivity index (χ1v) is 5.24. The largest absolute Gasteiger partial charge is 0.456 e. The van der Waals surface area contributed by atoms with Gasteiger partial charge < -0.3 is 10.1 Å². The zero-order chi connectivity index (χ0) is 13.0. The van der Waals surface area contributed by atoms with Crippen LogP contribution in [-0.2, 0) is 0 Å². The number of hydrogen-bond donors (Lipinski definition) is 1. The van der Waals surface area contributed by atoms with Gasteiger partial charge in [0.2, 0.25) is 0 Å². The Bertz CT molecular complexity index is 555. The first kappa shape index (κ1) is 11.8. The predicted octanol–water partition coefficient (Wildman–Crippen LogP) is 2.82. The van der Waals surface area contributed by atoms with Gasteiger partial charge in [-0.05, 0) is 12.1 Å². The van der Waals surface area contributed by atoms with Gasteiger partial charge in [0.25, 0.3) is 5.69 Å². The maximum absolute atomic E-state index is 10.5. The number of anilines is 1. The van der Waals surface area contributed by atoms with Gasteiger partial charge in [-0.2, -0.15) is 0 Å². The van der Waals surface area contributed by atoms with E-state index >= 15 is 0 Å². The van der Waals surface area contributed by atoms with E-state index in [-0.39, 0.29) is 5.69 Å². The van der Waals surface area contributed by atoms with Crippen LogP contribution in [0.15, 0.2) is 42.7 Å². The van der Waals surface area contributed by atoms with Crippen molar-refractivity contribution in [3.8, 4) is 11.5 Å². The van der Waals surface area contributed by atoms with Gasteiger partial charge in [-0.1, -0.05) is 0 Å². The summed E-state index contributed by atoms with van der Waals surface area (Å²) in [5, 5.41) is 13.4. The van der Waals surface area contributed by atoms with Crippen LogP contribution in [-0.4, -0.2) is 17.0 Å². The summed E-state index contributed by atoms with van der Waals surface area (Å²) < 4.78 is 5.53. The summed E-state index contributed by atoms with van der Waals surface area (Å²) in [4.78, 5) is 14.1. The smallest absolute Gasteiger partial charge is 0.269 e. The van der Waals surface area contributed by atoms with Gasteiger partial charge in [-0.15, -0.1) is 0 Å². The molecule has 1 aromatic heterocycles. The van der Waals surface area contributed by atoms with Crippen LogP contribution in [0, 0.1) is 10.1 Å². The number of nitrogens with one attached hydrogen (secondary N) is 1. The van der Waals surface area contributed by atoms with Gasteiger partial charge in [-0.3, -0.25) is 15.1 Å². The highest BCUT2D eigenvalue weighted by atomic mass is 16.6. The fraction of sp³-hybridized carbons (Fsp3) is 0.0833. The summed E-state index contributed by atoms with van der Waals surface area (Å²) in [6.07, 6.45) is 3.24. The maximum Gasteiger partial charge on any atom is 0.269 e. The van der Waals surface area contributed by atoms with Gasteiger partial charge in [0.1, 0.15) is 11.5 Å². The summed E-state index contributed by atoms with van der Waals surface area (Å²) in [7, 11) is 1.78. The van der Waals surface area contributed by atoms with Crippen molar-refractivity contribution in [1.29, 1.82) is 0 Å². The van der Waals surface area contributed by atoms with Crippen LogP contribution in [0.2, 0.25) is 0 Å². The summed E-state index contributed by atoms with van der Waals surface area (Å²) in [5.74, 6) is 1.09. The first-order valence-electron chi connectivity index (χ1n) is 5.24. The number of pyridine rings is 1. The number of aromatic nitrogens is 1. The maximum atomic E-state index is 10.5. The number of nitro benzene ring substituents is 1. The van der Waals surface area contributed by atoms with E-state index in [1.54, 1.807) is 37.6 Å². The van der Waals surface area contributed by atoms with Crippen LogP contribution in [0.3, 0.4) is 0 Å². The SMILES string of the molecule is CNc1cncc(Oc2ccc([N+](=O)[O-])cc2)c1. The molecule has 18 heavy (non-hydrogen) atoms. The number of ether oxygens (including phenoxy) is 1. The highest BCUT2D eigenvalue weighted by molar-refractivity contribution is 5.46. The van der Waals surface area contributed by atoms with E-state index in [2.05, 4.69) is 10.3 Å². The monoisotopic (exact) mass is 245 g/mol. The molecule has 6 nitrogen and oxygen atoms in total. The Morgan fingerprint density at radius 1 is 1.22 bits per heavy atom. The molecular formula is C12H11N3O3. The first-order chi connectivity index (χ1) is 8.69. The summed E-state index contributed by atoms with van der Waals surface area (Å²) >= 11 is 0. The van der Waals surface area contributed by atoms with Gasteiger partial charge in [0.15, 0.2) is 0 Å². The third-order valence-corrected chi connectivity index (χ3v) is 2.29. The molecule has 0 unspecified atom stereocenters. The third-order valence-electron chi connectivity index (χ3n) is 2.29. The molecule has 0 atom stereocenters. The molecule has 0 saturated heterocycles. The predicted molar refractivity (Wildman–Crippen MR) is 67.0 cm³/mol. The third kappa shape index (κ3) is 2.73. The molecule has 1 N–H and O–H groups in total. The molecule has 92 valence electrons. The Balaban J connectivity index is 2.15. The van der Waals surface area contributed by atoms with E-state index in [9.17, 15) is 10.1 Å². The molecular weight excluding hydrogens is 234 g/mol. The Hall–Kier alpha value is -2.63. The Labute approximate surface area is 103 Å². The molecule has 0 aliphatic rings. The lowest BCUT2D eigenvalue weighted by Crippen LogP contribution is -1.91. The number of benzene rings is 1. The zero-order valence-corrected chi connectivity index (χ0v) is 9.66. The average molecular weight is 245 g/mol. The lowest BCUT2D eigenvalue weighted by atomic mass is 10.3. The Morgan fingerprint density at radius 3 is 2.56 bits per heavy atom. The van der Waals surface area contributed by atoms with Gasteiger partial charge >= 0.3 is 0 Å². The van der Waals surface area contributed by atoms with Crippen molar-refractivity contribution < 1.29 is 9.66 Å². The highest BCUT2D eigenvalue weighted by Crippen LogP contribution is 2.24. The lowest BCUT2D eigenvalue weighted by molar-refractivity contribution is -0.384. The van der Waals surface area contributed by atoms with Crippen molar-refractivity contribution in [2.75, 3.05) is 12.4 Å². The minimum atomic E-state index is -0.451. The molecule has 2 aromatic rings. The summed E-state index contributed by atoms with van der Waals surface area (Å²) in [5.41, 5.74) is 0.860. The normalized spacial score (nSPS) is 9.83. The zero-order valence-electron chi connectivity index (χ0n) is 9.66. The fourth-order valence-electron chi connectivity index (χ4n) is 1.38. The molecule has 0 spiro atoms. The number of non-ortho nitro benzene ring substituents is 1. The van der Waals surface area contributed by atoms with Crippen LogP contribution in [0.1, 0.15) is 0 Å². The van der Waals surface area contributed by atoms with Crippen molar-refractivity contribution in [3.05, 3.63) is 52.8 Å². The van der Waals surface area contributed by atoms with Crippen molar-refractivity contribution in [1.82, 2.24) is 4.98 Å². The van der Waals surface area contributed by atoms with Crippen molar-refractivity contribution in [2.45, 2.75) is 0 Å². The molecule has 0 fully saturated rings. The Morgan fingerprint density at radius 2 is 1.94 bits per heavy atom. The molecule has 1 aromatic carbocycles. The second-order valence-electron chi connectivity index (χ2n) is 3.51. The van der Waals surface area contributed by atoms with E-state index in [1.165, 1.54) is 12.1 Å². The topological polar surface area (TPSA) is 77.3 Å². The minimum Gasteiger partial charge on any atom is -0.456 e. The second-order valence-corrected chi connectivity index (χ2v) is 3.51. The van der Waals surface area contributed by atoms with E-state index in [1.807, 2.05) is 0 Å². The van der Waals surface area contributed by atoms with Gasteiger partial charge in [-0.25, -0.2) is 0 Å². The second kappa shape index (κ2) is 5.13. The number of rotatable bonds is 4. The van der Waals surface area contributed by atoms with Crippen LogP contribution >= 0.6 is 0 Å². The van der Waals surface area contributed by atoms with Crippen LogP contribution in [0.5, 0.6) is 11.5 Å². The van der Waals surface area contributed by atoms with E-state index in [4.69, 9.17) is 4.74 Å². The molecule has 0 amide bonds. The summed E-state index contributed by atoms with van der Waals surface area (Å²) in [6, 6.07) is 7.66. The molecule has 1 heterocycles. The number of nitrogens with zero attached hydrogens (tertiary/aromatic N) is 2. The van der Waals surface area contributed by atoms with Gasteiger partial charge in [0.05, 0.1) is 23.0 Å². The van der Waals surface area contributed by atoms with Gasteiger partial charge in [0, 0.05) is 25.2 Å². The fourth-order valence-corrected chi connectivity index (χ4v) is 1.38. The molecule has 0 saturated carbocycles. The average Bonchev–Trinajstić information content (AvgIpc) is 2.39. The van der Waals surface area contributed by atoms with Crippen LogP contribution in [0.25, 0.3) is 0 Å². The number of hydrogen-bond acceptors (Lipinski definition) is 5. The molecule has 6 heteroatoms. The van der Waals surface area contributed by atoms with Crippen LogP contribution < -0.4 is 10.1 Å². The molecule has 2 rings (SSSR count). The standard InChI is InChI=1S/C12H11N3O3/c1-13-9-6-12(8-14-7-9)18-11-4-2-10(3-5-11)15(16)17/h2-8,13H,1H3. The quantitative estimate of drug-likeness (QED) is 0.662.